The van der Waals surface area contributed by atoms with Gasteiger partial charge >= 0.3 is 6.03 Å². The summed E-state index contributed by atoms with van der Waals surface area (Å²) in [6, 6.07) is 0.865. The van der Waals surface area contributed by atoms with Gasteiger partial charge in [0.1, 0.15) is 6.54 Å². The quantitative estimate of drug-likeness (QED) is 0.818. The number of aromatic nitrogens is 2. The van der Waals surface area contributed by atoms with Crippen molar-refractivity contribution in [3.05, 3.63) is 30.1 Å². The van der Waals surface area contributed by atoms with Gasteiger partial charge in [-0.25, -0.2) is 18.6 Å². The number of urea groups is 1. The lowest BCUT2D eigenvalue weighted by molar-refractivity contribution is -0.120. The Morgan fingerprint density at radius 1 is 1.33 bits per heavy atom. The van der Waals surface area contributed by atoms with Crippen LogP contribution < -0.4 is 11.1 Å². The zero-order valence-electron chi connectivity index (χ0n) is 8.98. The van der Waals surface area contributed by atoms with Crippen molar-refractivity contribution < 1.29 is 18.4 Å². The maximum atomic E-state index is 13.1. The molecule has 18 heavy (non-hydrogen) atoms. The second kappa shape index (κ2) is 4.40. The number of carbonyl (C=O) groups excluding carboxylic acids is 2. The molecule has 2 aromatic rings. The Bertz CT molecular complexity index is 638. The third-order valence-corrected chi connectivity index (χ3v) is 2.24. The molecule has 0 atom stereocenters. The molecule has 1 aromatic carbocycles. The normalized spacial score (nSPS) is 10.6. The summed E-state index contributed by atoms with van der Waals surface area (Å²) in [6.45, 7) is -0.273. The van der Waals surface area contributed by atoms with E-state index < -0.39 is 23.6 Å². The van der Waals surface area contributed by atoms with E-state index in [4.69, 9.17) is 5.73 Å². The van der Waals surface area contributed by atoms with E-state index in [0.29, 0.717) is 0 Å². The van der Waals surface area contributed by atoms with Crippen molar-refractivity contribution in [1.29, 1.82) is 0 Å². The van der Waals surface area contributed by atoms with Crippen LogP contribution in [0.1, 0.15) is 0 Å². The summed E-state index contributed by atoms with van der Waals surface area (Å²) in [7, 11) is 0. The average Bonchev–Trinajstić information content (AvgIpc) is 2.61. The van der Waals surface area contributed by atoms with Crippen LogP contribution >= 0.6 is 0 Å². The Kier molecular flexibility index (Phi) is 2.92. The average molecular weight is 254 g/mol. The lowest BCUT2D eigenvalue weighted by atomic mass is 10.3. The van der Waals surface area contributed by atoms with Crippen LogP contribution in [-0.2, 0) is 11.3 Å². The number of carbonyl (C=O) groups is 2. The first kappa shape index (κ1) is 12.0. The second-order valence-electron chi connectivity index (χ2n) is 3.54. The van der Waals surface area contributed by atoms with Crippen LogP contribution in [0.3, 0.4) is 0 Å². The minimum atomic E-state index is -1.04. The predicted molar refractivity (Wildman–Crippen MR) is 57.4 cm³/mol. The number of imide groups is 1. The van der Waals surface area contributed by atoms with Crippen LogP contribution in [0.4, 0.5) is 13.6 Å². The number of imidazole rings is 1. The van der Waals surface area contributed by atoms with Crippen molar-refractivity contribution in [3.63, 3.8) is 0 Å². The van der Waals surface area contributed by atoms with E-state index in [-0.39, 0.29) is 17.6 Å². The molecule has 0 radical (unpaired) electrons. The first-order valence-corrected chi connectivity index (χ1v) is 4.86. The Morgan fingerprint density at radius 2 is 2.00 bits per heavy atom. The van der Waals surface area contributed by atoms with Crippen LogP contribution in [-0.4, -0.2) is 21.5 Å². The molecule has 1 aromatic heterocycles. The van der Waals surface area contributed by atoms with Gasteiger partial charge in [0.15, 0.2) is 11.6 Å². The fraction of sp³-hybridized carbons (Fsp3) is 0.100. The topological polar surface area (TPSA) is 90.0 Å². The molecule has 0 aliphatic carbocycles. The molecule has 0 saturated carbocycles. The summed E-state index contributed by atoms with van der Waals surface area (Å²) < 4.78 is 27.3. The van der Waals surface area contributed by atoms with Crippen molar-refractivity contribution in [3.8, 4) is 0 Å². The van der Waals surface area contributed by atoms with Crippen molar-refractivity contribution >= 4 is 23.0 Å². The number of amides is 3. The lowest BCUT2D eigenvalue weighted by Gasteiger charge is -2.03. The number of hydrogen-bond acceptors (Lipinski definition) is 3. The summed E-state index contributed by atoms with van der Waals surface area (Å²) >= 11 is 0. The third-order valence-electron chi connectivity index (χ3n) is 2.24. The predicted octanol–water partition coefficient (Wildman–Crippen LogP) is 0.509. The molecule has 6 nitrogen and oxygen atoms in total. The van der Waals surface area contributed by atoms with Gasteiger partial charge in [0.25, 0.3) is 0 Å². The maximum absolute atomic E-state index is 13.1. The molecule has 2 rings (SSSR count). The minimum absolute atomic E-state index is 0.209. The zero-order valence-corrected chi connectivity index (χ0v) is 8.98. The molecule has 0 aliphatic heterocycles. The van der Waals surface area contributed by atoms with E-state index in [1.807, 2.05) is 5.32 Å². The largest absolute Gasteiger partial charge is 0.351 e. The molecule has 0 fully saturated rings. The van der Waals surface area contributed by atoms with E-state index >= 15 is 0 Å². The van der Waals surface area contributed by atoms with Gasteiger partial charge in [0.05, 0.1) is 17.4 Å². The number of hydrogen-bond donors (Lipinski definition) is 2. The summed E-state index contributed by atoms with van der Waals surface area (Å²) in [5.74, 6) is -2.74. The molecule has 0 bridgehead atoms. The molecular formula is C10H8F2N4O2. The highest BCUT2D eigenvalue weighted by Gasteiger charge is 2.11. The van der Waals surface area contributed by atoms with E-state index in [1.165, 1.54) is 10.9 Å². The van der Waals surface area contributed by atoms with Crippen molar-refractivity contribution in [1.82, 2.24) is 14.9 Å². The van der Waals surface area contributed by atoms with E-state index in [0.717, 1.165) is 12.1 Å². The summed E-state index contributed by atoms with van der Waals surface area (Å²) in [4.78, 5) is 25.6. The smallest absolute Gasteiger partial charge is 0.318 e. The van der Waals surface area contributed by atoms with Gasteiger partial charge in [0, 0.05) is 12.1 Å². The molecule has 1 heterocycles. The standard InChI is InChI=1S/C10H8F2N4O2/c11-5-1-7-8(2-6(5)12)16(4-14-7)3-9(17)15-10(13)18/h1-2,4H,3H2,(H3,13,15,17,18). The van der Waals surface area contributed by atoms with Gasteiger partial charge in [-0.1, -0.05) is 0 Å². The molecule has 94 valence electrons. The molecule has 0 spiro atoms. The Morgan fingerprint density at radius 3 is 2.67 bits per heavy atom. The van der Waals surface area contributed by atoms with Crippen LogP contribution in [0.25, 0.3) is 11.0 Å². The fourth-order valence-corrected chi connectivity index (χ4v) is 1.51. The monoisotopic (exact) mass is 254 g/mol. The molecular weight excluding hydrogens is 246 g/mol. The molecule has 0 unspecified atom stereocenters. The molecule has 3 N–H and O–H groups in total. The highest BCUT2D eigenvalue weighted by molar-refractivity contribution is 5.93. The second-order valence-corrected chi connectivity index (χ2v) is 3.54. The number of benzene rings is 1. The summed E-state index contributed by atoms with van der Waals surface area (Å²) in [6.07, 6.45) is 1.24. The van der Waals surface area contributed by atoms with Gasteiger partial charge in [-0.3, -0.25) is 10.1 Å². The third kappa shape index (κ3) is 2.26. The van der Waals surface area contributed by atoms with Gasteiger partial charge in [0.2, 0.25) is 5.91 Å². The number of halogens is 2. The van der Waals surface area contributed by atoms with Gasteiger partial charge in [-0.15, -0.1) is 0 Å². The van der Waals surface area contributed by atoms with Crippen LogP contribution in [0, 0.1) is 11.6 Å². The highest BCUT2D eigenvalue weighted by atomic mass is 19.2. The summed E-state index contributed by atoms with van der Waals surface area (Å²) in [5.41, 5.74) is 5.23. The number of nitrogens with one attached hydrogen (secondary N) is 1. The van der Waals surface area contributed by atoms with E-state index in [2.05, 4.69) is 4.98 Å². The summed E-state index contributed by atoms with van der Waals surface area (Å²) in [5, 5.41) is 1.86. The number of nitrogens with zero attached hydrogens (tertiary/aromatic N) is 2. The van der Waals surface area contributed by atoms with Gasteiger partial charge in [-0.2, -0.15) is 0 Å². The number of fused-ring (bicyclic) bond motifs is 1. The molecule has 3 amide bonds. The van der Waals surface area contributed by atoms with Gasteiger partial charge < -0.3 is 10.3 Å². The van der Waals surface area contributed by atoms with Crippen LogP contribution in [0.15, 0.2) is 18.5 Å². The highest BCUT2D eigenvalue weighted by Crippen LogP contribution is 2.17. The Labute approximate surface area is 99.4 Å². The van der Waals surface area contributed by atoms with Crippen molar-refractivity contribution in [2.45, 2.75) is 6.54 Å². The fourth-order valence-electron chi connectivity index (χ4n) is 1.51. The number of rotatable bonds is 2. The van der Waals surface area contributed by atoms with Crippen LogP contribution in [0.2, 0.25) is 0 Å². The molecule has 0 aliphatic rings. The van der Waals surface area contributed by atoms with Gasteiger partial charge in [-0.05, 0) is 0 Å². The minimum Gasteiger partial charge on any atom is -0.351 e. The lowest BCUT2D eigenvalue weighted by Crippen LogP contribution is -2.37. The van der Waals surface area contributed by atoms with Crippen LogP contribution in [0.5, 0.6) is 0 Å². The number of nitrogens with two attached hydrogens (primary N) is 1. The first-order valence-electron chi connectivity index (χ1n) is 4.86. The zero-order chi connectivity index (χ0) is 13.3. The van der Waals surface area contributed by atoms with E-state index in [1.54, 1.807) is 0 Å². The SMILES string of the molecule is NC(=O)NC(=O)Cn1cnc2cc(F)c(F)cc21. The Hall–Kier alpha value is -2.51. The molecule has 0 saturated heterocycles. The van der Waals surface area contributed by atoms with Crippen molar-refractivity contribution in [2.24, 2.45) is 5.73 Å². The van der Waals surface area contributed by atoms with E-state index in [9.17, 15) is 18.4 Å². The Balaban J connectivity index is 2.32. The number of primary amides is 1. The molecule has 8 heteroatoms. The first-order chi connectivity index (χ1) is 8.47. The van der Waals surface area contributed by atoms with Crippen molar-refractivity contribution in [2.75, 3.05) is 0 Å². The maximum Gasteiger partial charge on any atom is 0.318 e.